The molecule has 6 aromatic carbocycles. The first-order valence-corrected chi connectivity index (χ1v) is 18.3. The van der Waals surface area contributed by atoms with Crippen molar-refractivity contribution in [1.82, 2.24) is 0 Å². The van der Waals surface area contributed by atoms with Gasteiger partial charge in [-0.15, -0.1) is 0 Å². The number of fused-ring (bicyclic) bond motifs is 3. The summed E-state index contributed by atoms with van der Waals surface area (Å²) in [6.45, 7) is 3.74. The first kappa shape index (κ1) is 47.6. The van der Waals surface area contributed by atoms with Gasteiger partial charge in [-0.05, 0) is 105 Å². The molecule has 60 heavy (non-hydrogen) atoms. The fourth-order valence-corrected chi connectivity index (χ4v) is 6.09. The van der Waals surface area contributed by atoms with Crippen LogP contribution < -0.4 is 10.5 Å². The largest absolute Gasteiger partial charge is 0.508 e. The van der Waals surface area contributed by atoms with Crippen molar-refractivity contribution < 1.29 is 55.7 Å². The van der Waals surface area contributed by atoms with Crippen molar-refractivity contribution in [1.29, 1.82) is 5.26 Å². The normalized spacial score (nSPS) is 12.3. The first-order chi connectivity index (χ1) is 28.2. The smallest absolute Gasteiger partial charge is 0.340 e. The number of halogens is 6. The number of carbonyl (C=O) groups is 3. The lowest BCUT2D eigenvalue weighted by Crippen LogP contribution is -2.27. The van der Waals surface area contributed by atoms with E-state index in [2.05, 4.69) is 20.7 Å². The maximum Gasteiger partial charge on any atom is 0.340 e. The summed E-state index contributed by atoms with van der Waals surface area (Å²) in [4.78, 5) is 32.9. The Kier molecular flexibility index (Phi) is 17.8. The van der Waals surface area contributed by atoms with Gasteiger partial charge < -0.3 is 25.1 Å². The lowest BCUT2D eigenvalue weighted by molar-refractivity contribution is -0.142. The number of nitrogens with two attached hydrogens (primary N) is 1. The van der Waals surface area contributed by atoms with Gasteiger partial charge in [0.05, 0.1) is 29.7 Å². The third-order valence-electron chi connectivity index (χ3n) is 8.20. The molecule has 0 radical (unpaired) electrons. The van der Waals surface area contributed by atoms with E-state index >= 15 is 0 Å². The third kappa shape index (κ3) is 12.1. The Hall–Kier alpha value is -6.79. The van der Waals surface area contributed by atoms with Crippen molar-refractivity contribution in [3.63, 3.8) is 0 Å². The van der Waals surface area contributed by atoms with Gasteiger partial charge in [0, 0.05) is 11.1 Å². The van der Waals surface area contributed by atoms with Gasteiger partial charge in [-0.3, -0.25) is 9.59 Å². The molecular formula is C45H38BrF5N2O7. The van der Waals surface area contributed by atoms with Crippen LogP contribution in [0.5, 0.6) is 11.5 Å². The Morgan fingerprint density at radius 3 is 1.90 bits per heavy atom. The molecule has 0 saturated heterocycles. The predicted molar refractivity (Wildman–Crippen MR) is 219 cm³/mol. The minimum absolute atomic E-state index is 0. The number of phenols is 1. The maximum absolute atomic E-state index is 14.0. The number of nitriles is 1. The van der Waals surface area contributed by atoms with Crippen LogP contribution in [0.25, 0.3) is 21.5 Å². The molecule has 7 rings (SSSR count). The predicted octanol–water partition coefficient (Wildman–Crippen LogP) is 10.7. The number of benzene rings is 6. The Morgan fingerprint density at radius 1 is 0.800 bits per heavy atom. The molecule has 1 atom stereocenters. The van der Waals surface area contributed by atoms with Gasteiger partial charge >= 0.3 is 11.9 Å². The molecule has 312 valence electrons. The highest BCUT2D eigenvalue weighted by molar-refractivity contribution is 9.10. The molecule has 0 fully saturated rings. The average molecular weight is 894 g/mol. The topological polar surface area (TPSA) is 149 Å². The number of hydrogen-bond acceptors (Lipinski definition) is 9. The van der Waals surface area contributed by atoms with Crippen LogP contribution in [0.1, 0.15) is 55.1 Å². The molecule has 0 aliphatic carbocycles. The lowest BCUT2D eigenvalue weighted by Gasteiger charge is -2.29. The van der Waals surface area contributed by atoms with Gasteiger partial charge in [0.25, 0.3) is 0 Å². The lowest BCUT2D eigenvalue weighted by atomic mass is 9.82. The second-order valence-corrected chi connectivity index (χ2v) is 13.0. The standard InChI is InChI=1S/C22H16F3NO3.C10H8O.C7H3BrF2O.C5H7NO2.CH4/c1-2-28-22(27)19-18(13-8-15(23)20(25)16(24)9-13)14-7-11-5-3-4-6-12(11)10-17(14)29-21(19)26;11-10-6-5-8-3-1-2-4-9(8)7-10;8-5-1-4(3-11)2-6(9)7(5)10;1-2-8-5(7)3-4-6;/h3-10,18H,2,26H2,1H3;1-7,11H;1-3H;2-3H2,1H3;1H4. The van der Waals surface area contributed by atoms with E-state index in [1.54, 1.807) is 44.2 Å². The number of esters is 2. The number of phenolic OH excluding ortho intramolecular Hbond substituents is 1. The summed E-state index contributed by atoms with van der Waals surface area (Å²) in [6, 6.07) is 29.6. The van der Waals surface area contributed by atoms with Crippen molar-refractivity contribution in [2.45, 2.75) is 33.6 Å². The van der Waals surface area contributed by atoms with E-state index in [4.69, 9.17) is 25.6 Å². The molecule has 0 spiro atoms. The van der Waals surface area contributed by atoms with Gasteiger partial charge in [-0.1, -0.05) is 62.0 Å². The quantitative estimate of drug-likeness (QED) is 0.0721. The maximum atomic E-state index is 14.0. The van der Waals surface area contributed by atoms with Crippen molar-refractivity contribution in [3.8, 4) is 17.6 Å². The van der Waals surface area contributed by atoms with E-state index in [9.17, 15) is 36.3 Å². The summed E-state index contributed by atoms with van der Waals surface area (Å²) in [5, 5.41) is 21.0. The van der Waals surface area contributed by atoms with E-state index in [1.165, 1.54) is 6.07 Å². The fourth-order valence-electron chi connectivity index (χ4n) is 5.63. The number of rotatable bonds is 6. The number of hydrogen-bond donors (Lipinski definition) is 2. The third-order valence-corrected chi connectivity index (χ3v) is 8.78. The minimum Gasteiger partial charge on any atom is -0.508 e. The van der Waals surface area contributed by atoms with E-state index in [0.29, 0.717) is 30.0 Å². The van der Waals surface area contributed by atoms with Gasteiger partial charge in [0.1, 0.15) is 29.8 Å². The Balaban J connectivity index is 0.000000254. The summed E-state index contributed by atoms with van der Waals surface area (Å²) >= 11 is 2.76. The van der Waals surface area contributed by atoms with Gasteiger partial charge in [-0.2, -0.15) is 5.26 Å². The van der Waals surface area contributed by atoms with E-state index < -0.39 is 46.9 Å². The molecule has 1 aliphatic heterocycles. The summed E-state index contributed by atoms with van der Waals surface area (Å²) in [6.07, 6.45) is 0.307. The molecule has 0 amide bonds. The molecule has 0 bridgehead atoms. The number of aromatic hydroxyl groups is 1. The van der Waals surface area contributed by atoms with E-state index in [-0.39, 0.29) is 47.5 Å². The second-order valence-electron chi connectivity index (χ2n) is 12.2. The SMILES string of the molecule is C.CCOC(=O)C1=C(N)Oc2cc3ccccc3cc2C1c1cc(F)c(F)c(F)c1.CCOC(=O)CC#N.O=Cc1cc(F)c(F)c(Br)c1.Oc1ccc2ccccc2c1. The van der Waals surface area contributed by atoms with Crippen molar-refractivity contribution in [2.24, 2.45) is 5.73 Å². The van der Waals surface area contributed by atoms with Crippen LogP contribution in [-0.4, -0.2) is 36.5 Å². The molecule has 15 heteroatoms. The summed E-state index contributed by atoms with van der Waals surface area (Å²) < 4.78 is 81.6. The number of nitrogens with zero attached hydrogens (tertiary/aromatic N) is 1. The Bertz CT molecular complexity index is 2530. The van der Waals surface area contributed by atoms with Crippen LogP contribution in [0.2, 0.25) is 0 Å². The highest BCUT2D eigenvalue weighted by atomic mass is 79.9. The molecule has 9 nitrogen and oxygen atoms in total. The van der Waals surface area contributed by atoms with Crippen LogP contribution in [0.3, 0.4) is 0 Å². The van der Waals surface area contributed by atoms with Crippen molar-refractivity contribution in [3.05, 3.63) is 165 Å². The van der Waals surface area contributed by atoms with Gasteiger partial charge in [-0.25, -0.2) is 26.7 Å². The summed E-state index contributed by atoms with van der Waals surface area (Å²) in [5.41, 5.74) is 6.49. The van der Waals surface area contributed by atoms with Crippen molar-refractivity contribution >= 4 is 55.7 Å². The first-order valence-electron chi connectivity index (χ1n) is 17.5. The minimum atomic E-state index is -1.59. The Morgan fingerprint density at radius 2 is 1.35 bits per heavy atom. The van der Waals surface area contributed by atoms with Crippen LogP contribution in [0.15, 0.2) is 119 Å². The zero-order valence-electron chi connectivity index (χ0n) is 31.3. The zero-order chi connectivity index (χ0) is 43.2. The van der Waals surface area contributed by atoms with Crippen LogP contribution >= 0.6 is 15.9 Å². The molecule has 3 N–H and O–H groups in total. The highest BCUT2D eigenvalue weighted by Crippen LogP contribution is 2.45. The monoisotopic (exact) mass is 892 g/mol. The molecule has 6 aromatic rings. The molecule has 1 unspecified atom stereocenters. The summed E-state index contributed by atoms with van der Waals surface area (Å²) in [7, 11) is 0. The highest BCUT2D eigenvalue weighted by Gasteiger charge is 2.36. The number of ether oxygens (including phenoxy) is 3. The van der Waals surface area contributed by atoms with Gasteiger partial charge in [0.15, 0.2) is 29.1 Å². The van der Waals surface area contributed by atoms with Crippen LogP contribution in [-0.2, 0) is 19.1 Å². The molecule has 0 aromatic heterocycles. The number of carbonyl (C=O) groups excluding carboxylic acids is 3. The number of aldehydes is 1. The van der Waals surface area contributed by atoms with Gasteiger partial charge in [0.2, 0.25) is 5.88 Å². The average Bonchev–Trinajstić information content (AvgIpc) is 3.21. The van der Waals surface area contributed by atoms with Crippen molar-refractivity contribution in [2.75, 3.05) is 13.2 Å². The summed E-state index contributed by atoms with van der Waals surface area (Å²) in [5.74, 6) is -8.12. The molecule has 1 heterocycles. The second kappa shape index (κ2) is 22.4. The zero-order valence-corrected chi connectivity index (χ0v) is 32.9. The fraction of sp³-hybridized carbons (Fsp3) is 0.156. The molecule has 1 aliphatic rings. The van der Waals surface area contributed by atoms with E-state index in [1.807, 2.05) is 54.6 Å². The molecule has 0 saturated carbocycles. The van der Waals surface area contributed by atoms with E-state index in [0.717, 1.165) is 39.7 Å². The molecular weight excluding hydrogens is 855 g/mol. The Labute approximate surface area is 350 Å². The van der Waals surface area contributed by atoms with Crippen LogP contribution in [0, 0.1) is 40.4 Å². The van der Waals surface area contributed by atoms with Crippen LogP contribution in [0.4, 0.5) is 22.0 Å².